The second-order valence-electron chi connectivity index (χ2n) is 9.38. The summed E-state index contributed by atoms with van der Waals surface area (Å²) in [5, 5.41) is 11.4. The summed E-state index contributed by atoms with van der Waals surface area (Å²) in [5.41, 5.74) is 3.85. The maximum absolute atomic E-state index is 13.5. The molecule has 5 rings (SSSR count). The molecule has 0 unspecified atom stereocenters. The Balaban J connectivity index is 1.35. The zero-order valence-corrected chi connectivity index (χ0v) is 21.4. The van der Waals surface area contributed by atoms with Gasteiger partial charge in [0.15, 0.2) is 5.82 Å². The summed E-state index contributed by atoms with van der Waals surface area (Å²) in [6.07, 6.45) is 9.38. The number of nitrogens with one attached hydrogen (secondary N) is 3. The first-order valence-corrected chi connectivity index (χ1v) is 12.6. The number of benzene rings is 1. The van der Waals surface area contributed by atoms with Crippen LogP contribution < -0.4 is 16.2 Å². The highest BCUT2D eigenvalue weighted by atomic mass is 16.2. The van der Waals surface area contributed by atoms with Crippen molar-refractivity contribution in [1.29, 1.82) is 0 Å². The van der Waals surface area contributed by atoms with Crippen LogP contribution in [0.2, 0.25) is 0 Å². The second kappa shape index (κ2) is 11.1. The molecule has 0 spiro atoms. The topological polar surface area (TPSA) is 123 Å². The van der Waals surface area contributed by atoms with Gasteiger partial charge in [-0.3, -0.25) is 23.8 Å². The molecule has 3 N–H and O–H groups in total. The Morgan fingerprint density at radius 2 is 1.95 bits per heavy atom. The fourth-order valence-electron chi connectivity index (χ4n) is 4.24. The van der Waals surface area contributed by atoms with Crippen LogP contribution in [0.5, 0.6) is 0 Å². The zero-order chi connectivity index (χ0) is 26.5. The van der Waals surface area contributed by atoms with Crippen LogP contribution >= 0.6 is 0 Å². The normalized spacial score (nSPS) is 11.2. The SMILES string of the molecule is CC(C)n1cc(-c2cnc(NCCc3ccccc3)c(=O)n2CC(=O)NCc2cc3cnccc3[nH]2)cn1. The smallest absolute Gasteiger partial charge is 0.294 e. The van der Waals surface area contributed by atoms with Gasteiger partial charge in [-0.15, -0.1) is 0 Å². The Labute approximate surface area is 219 Å². The highest BCUT2D eigenvalue weighted by Gasteiger charge is 2.17. The van der Waals surface area contributed by atoms with Crippen LogP contribution in [0.4, 0.5) is 5.82 Å². The molecule has 10 heteroatoms. The summed E-state index contributed by atoms with van der Waals surface area (Å²) in [6, 6.07) is 14.0. The van der Waals surface area contributed by atoms with Gasteiger partial charge in [-0.1, -0.05) is 30.3 Å². The third-order valence-corrected chi connectivity index (χ3v) is 6.28. The molecule has 4 aromatic heterocycles. The predicted octanol–water partition coefficient (Wildman–Crippen LogP) is 3.54. The van der Waals surface area contributed by atoms with Gasteiger partial charge in [0.25, 0.3) is 5.56 Å². The number of carbonyl (C=O) groups is 1. The van der Waals surface area contributed by atoms with Gasteiger partial charge < -0.3 is 15.6 Å². The van der Waals surface area contributed by atoms with Gasteiger partial charge in [0, 0.05) is 53.3 Å². The molecule has 0 atom stereocenters. The summed E-state index contributed by atoms with van der Waals surface area (Å²) in [5.74, 6) is -0.0836. The number of pyridine rings is 1. The number of hydrogen-bond acceptors (Lipinski definition) is 6. The van der Waals surface area contributed by atoms with Crippen molar-refractivity contribution in [2.75, 3.05) is 11.9 Å². The third kappa shape index (κ3) is 5.64. The molecule has 0 saturated heterocycles. The Morgan fingerprint density at radius 3 is 2.71 bits per heavy atom. The van der Waals surface area contributed by atoms with Gasteiger partial charge >= 0.3 is 0 Å². The van der Waals surface area contributed by atoms with Crippen LogP contribution in [0.25, 0.3) is 22.2 Å². The average molecular weight is 511 g/mol. The molecular formula is C28H30N8O2. The number of fused-ring (bicyclic) bond motifs is 1. The van der Waals surface area contributed by atoms with Crippen LogP contribution in [0, 0.1) is 0 Å². The summed E-state index contributed by atoms with van der Waals surface area (Å²) in [7, 11) is 0. The van der Waals surface area contributed by atoms with Gasteiger partial charge in [0.05, 0.1) is 24.6 Å². The molecule has 5 aromatic rings. The Kier molecular flexibility index (Phi) is 7.30. The van der Waals surface area contributed by atoms with E-state index in [9.17, 15) is 9.59 Å². The Bertz CT molecular complexity index is 1570. The van der Waals surface area contributed by atoms with Crippen molar-refractivity contribution < 1.29 is 4.79 Å². The van der Waals surface area contributed by atoms with E-state index in [-0.39, 0.29) is 29.9 Å². The number of aromatic amines is 1. The molecule has 0 bridgehead atoms. The number of anilines is 1. The minimum Gasteiger partial charge on any atom is -0.365 e. The monoisotopic (exact) mass is 510 g/mol. The van der Waals surface area contributed by atoms with E-state index in [0.29, 0.717) is 18.8 Å². The number of aromatic nitrogens is 6. The maximum atomic E-state index is 13.5. The van der Waals surface area contributed by atoms with Crippen LogP contribution in [0.15, 0.2) is 78.2 Å². The minimum absolute atomic E-state index is 0.154. The molecule has 1 aromatic carbocycles. The fourth-order valence-corrected chi connectivity index (χ4v) is 4.24. The molecule has 194 valence electrons. The Hall–Kier alpha value is -4.73. The van der Waals surface area contributed by atoms with Gasteiger partial charge in [-0.05, 0) is 38.0 Å². The molecule has 0 saturated carbocycles. The van der Waals surface area contributed by atoms with Gasteiger partial charge in [-0.25, -0.2) is 4.98 Å². The van der Waals surface area contributed by atoms with Gasteiger partial charge in [0.2, 0.25) is 5.91 Å². The number of rotatable bonds is 10. The lowest BCUT2D eigenvalue weighted by Gasteiger charge is -2.14. The number of H-pyrrole nitrogens is 1. The van der Waals surface area contributed by atoms with Gasteiger partial charge in [-0.2, -0.15) is 5.10 Å². The van der Waals surface area contributed by atoms with Crippen LogP contribution in [-0.2, 0) is 24.3 Å². The largest absolute Gasteiger partial charge is 0.365 e. The van der Waals surface area contributed by atoms with Crippen molar-refractivity contribution in [2.45, 2.75) is 39.4 Å². The van der Waals surface area contributed by atoms with Crippen LogP contribution in [0.3, 0.4) is 0 Å². The van der Waals surface area contributed by atoms with Gasteiger partial charge in [0.1, 0.15) is 6.54 Å². The highest BCUT2D eigenvalue weighted by molar-refractivity contribution is 5.80. The summed E-state index contributed by atoms with van der Waals surface area (Å²) in [4.78, 5) is 38.3. The maximum Gasteiger partial charge on any atom is 0.294 e. The number of hydrogen-bond donors (Lipinski definition) is 3. The summed E-state index contributed by atoms with van der Waals surface area (Å²) in [6.45, 7) is 4.73. The quantitative estimate of drug-likeness (QED) is 0.264. The lowest BCUT2D eigenvalue weighted by atomic mass is 10.1. The minimum atomic E-state index is -0.361. The fraction of sp³-hybridized carbons (Fsp3) is 0.250. The van der Waals surface area contributed by atoms with E-state index in [2.05, 4.69) is 30.7 Å². The first-order chi connectivity index (χ1) is 18.5. The molecule has 0 aliphatic rings. The van der Waals surface area contributed by atoms with Crippen molar-refractivity contribution in [1.82, 2.24) is 34.6 Å². The molecule has 0 aliphatic carbocycles. The number of amides is 1. The van der Waals surface area contributed by atoms with Crippen LogP contribution in [-0.4, -0.2) is 41.8 Å². The second-order valence-corrected chi connectivity index (χ2v) is 9.38. The van der Waals surface area contributed by atoms with Crippen molar-refractivity contribution in [3.63, 3.8) is 0 Å². The molecular weight excluding hydrogens is 480 g/mol. The first kappa shape index (κ1) is 24.9. The predicted molar refractivity (Wildman–Crippen MR) is 147 cm³/mol. The highest BCUT2D eigenvalue weighted by Crippen LogP contribution is 2.19. The molecule has 38 heavy (non-hydrogen) atoms. The lowest BCUT2D eigenvalue weighted by Crippen LogP contribution is -2.34. The van der Waals surface area contributed by atoms with E-state index in [1.54, 1.807) is 29.5 Å². The van der Waals surface area contributed by atoms with Crippen molar-refractivity contribution in [2.24, 2.45) is 0 Å². The molecule has 0 radical (unpaired) electrons. The lowest BCUT2D eigenvalue weighted by molar-refractivity contribution is -0.121. The van der Waals surface area contributed by atoms with E-state index in [1.165, 1.54) is 4.57 Å². The third-order valence-electron chi connectivity index (χ3n) is 6.28. The van der Waals surface area contributed by atoms with Crippen molar-refractivity contribution in [3.8, 4) is 11.3 Å². The Morgan fingerprint density at radius 1 is 1.11 bits per heavy atom. The zero-order valence-electron chi connectivity index (χ0n) is 21.4. The molecule has 1 amide bonds. The van der Waals surface area contributed by atoms with Crippen molar-refractivity contribution in [3.05, 3.63) is 95.1 Å². The summed E-state index contributed by atoms with van der Waals surface area (Å²) >= 11 is 0. The molecule has 4 heterocycles. The summed E-state index contributed by atoms with van der Waals surface area (Å²) < 4.78 is 3.25. The number of nitrogens with zero attached hydrogens (tertiary/aromatic N) is 5. The molecule has 0 aliphatic heterocycles. The van der Waals surface area contributed by atoms with Crippen LogP contribution in [0.1, 0.15) is 31.1 Å². The first-order valence-electron chi connectivity index (χ1n) is 12.6. The van der Waals surface area contributed by atoms with Crippen molar-refractivity contribution >= 4 is 22.6 Å². The standard InChI is InChI=1S/C28H30N8O2/c1-19(2)36-17-22(14-33-36)25-16-32-27(30-11-8-20-6-4-3-5-7-20)28(38)35(25)18-26(37)31-15-23-12-21-13-29-10-9-24(21)34-23/h3-7,9-10,12-14,16-17,19,34H,8,11,15,18H2,1-2H3,(H,30,32)(H,31,37). The van der Waals surface area contributed by atoms with E-state index < -0.39 is 0 Å². The van der Waals surface area contributed by atoms with E-state index >= 15 is 0 Å². The molecule has 10 nitrogen and oxygen atoms in total. The van der Waals surface area contributed by atoms with E-state index in [0.717, 1.165) is 34.1 Å². The average Bonchev–Trinajstić information content (AvgIpc) is 3.58. The van der Waals surface area contributed by atoms with E-state index in [4.69, 9.17) is 0 Å². The van der Waals surface area contributed by atoms with E-state index in [1.807, 2.05) is 62.5 Å². The molecule has 0 fully saturated rings. The number of carbonyl (C=O) groups excluding carboxylic acids is 1.